The first-order chi connectivity index (χ1) is 11.1. The highest BCUT2D eigenvalue weighted by Crippen LogP contribution is 2.14. The van der Waals surface area contributed by atoms with E-state index < -0.39 is 0 Å². The Morgan fingerprint density at radius 3 is 2.26 bits per heavy atom. The Hall–Kier alpha value is -2.80. The molecule has 0 aliphatic heterocycles. The third-order valence-corrected chi connectivity index (χ3v) is 3.97. The SMILES string of the molecule is C=C/C=C\c1c(C)/c(=C/C=C)c2c(C=C)/c(=C/C=C\C)c(=C)n12. The minimum absolute atomic E-state index is 0.962. The normalized spacial score (nSPS) is 13.7. The van der Waals surface area contributed by atoms with Gasteiger partial charge in [-0.2, -0.15) is 0 Å². The smallest absolute Gasteiger partial charge is 0.0616 e. The van der Waals surface area contributed by atoms with E-state index in [0.717, 1.165) is 32.6 Å². The lowest BCUT2D eigenvalue weighted by Crippen LogP contribution is -2.25. The molecule has 0 amide bonds. The molecule has 23 heavy (non-hydrogen) atoms. The molecule has 0 atom stereocenters. The van der Waals surface area contributed by atoms with Crippen molar-refractivity contribution in [3.63, 3.8) is 0 Å². The lowest BCUT2D eigenvalue weighted by Gasteiger charge is -1.95. The monoisotopic (exact) mass is 301 g/mol. The maximum Gasteiger partial charge on any atom is 0.0616 e. The minimum atomic E-state index is 0.962. The van der Waals surface area contributed by atoms with Crippen LogP contribution >= 0.6 is 0 Å². The summed E-state index contributed by atoms with van der Waals surface area (Å²) >= 11 is 0. The van der Waals surface area contributed by atoms with Gasteiger partial charge >= 0.3 is 0 Å². The Balaban J connectivity index is 3.18. The first kappa shape index (κ1) is 16.6. The second-order valence-corrected chi connectivity index (χ2v) is 5.28. The second-order valence-electron chi connectivity index (χ2n) is 5.28. The van der Waals surface area contributed by atoms with Gasteiger partial charge in [-0.3, -0.25) is 0 Å². The molecule has 1 heteroatoms. The van der Waals surface area contributed by atoms with Crippen molar-refractivity contribution < 1.29 is 0 Å². The van der Waals surface area contributed by atoms with Gasteiger partial charge in [-0.25, -0.2) is 0 Å². The standard InChI is InChI=1S/C22H23N/c1-7-11-14-20-17(6)23-21(15-12-8-2)16(5)19(13-9-3)22(23)18(20)10-4/h7-15H,2-4,6H2,1,5H3/b11-7-,15-12-,19-13-,20-14+. The predicted octanol–water partition coefficient (Wildman–Crippen LogP) is 3.54. The topological polar surface area (TPSA) is 4.41 Å². The van der Waals surface area contributed by atoms with Crippen LogP contribution in [-0.2, 0) is 0 Å². The van der Waals surface area contributed by atoms with Gasteiger partial charge in [0.25, 0.3) is 0 Å². The molecule has 0 saturated heterocycles. The average Bonchev–Trinajstić information content (AvgIpc) is 2.97. The Kier molecular flexibility index (Phi) is 5.02. The van der Waals surface area contributed by atoms with E-state index in [1.54, 1.807) is 6.08 Å². The van der Waals surface area contributed by atoms with Crippen LogP contribution < -0.4 is 15.8 Å². The van der Waals surface area contributed by atoms with Gasteiger partial charge in [-0.05, 0) is 25.5 Å². The zero-order chi connectivity index (χ0) is 17.0. The average molecular weight is 301 g/mol. The molecule has 2 rings (SSSR count). The summed E-state index contributed by atoms with van der Waals surface area (Å²) < 4.78 is 2.19. The van der Waals surface area contributed by atoms with Gasteiger partial charge in [-0.1, -0.05) is 74.9 Å². The van der Waals surface area contributed by atoms with E-state index in [2.05, 4.69) is 49.8 Å². The van der Waals surface area contributed by atoms with E-state index in [1.165, 1.54) is 5.56 Å². The van der Waals surface area contributed by atoms with E-state index in [1.807, 2.05) is 43.4 Å². The van der Waals surface area contributed by atoms with Gasteiger partial charge in [0.05, 0.1) is 5.52 Å². The van der Waals surface area contributed by atoms with Crippen molar-refractivity contribution in [2.24, 2.45) is 0 Å². The van der Waals surface area contributed by atoms with E-state index in [0.29, 0.717) is 0 Å². The predicted molar refractivity (Wildman–Crippen MR) is 105 cm³/mol. The maximum absolute atomic E-state index is 4.30. The summed E-state index contributed by atoms with van der Waals surface area (Å²) in [6, 6.07) is 0. The third kappa shape index (κ3) is 2.66. The van der Waals surface area contributed by atoms with E-state index in [4.69, 9.17) is 0 Å². The molecular formula is C22H23N. The van der Waals surface area contributed by atoms with Crippen LogP contribution in [0.3, 0.4) is 0 Å². The summed E-state index contributed by atoms with van der Waals surface area (Å²) in [6.45, 7) is 20.0. The molecule has 0 fully saturated rings. The molecule has 1 nitrogen and oxygen atoms in total. The first-order valence-electron chi connectivity index (χ1n) is 7.65. The van der Waals surface area contributed by atoms with Gasteiger partial charge in [0.15, 0.2) is 0 Å². The fraction of sp³-hybridized carbons (Fsp3) is 0.0909. The number of allylic oxidation sites excluding steroid dienone is 5. The van der Waals surface area contributed by atoms with Crippen molar-refractivity contribution in [1.82, 2.24) is 4.40 Å². The summed E-state index contributed by atoms with van der Waals surface area (Å²) in [5.74, 6) is 0. The highest BCUT2D eigenvalue weighted by Gasteiger charge is 2.14. The van der Waals surface area contributed by atoms with Crippen LogP contribution in [0.1, 0.15) is 23.7 Å². The number of aromatic nitrogens is 1. The fourth-order valence-corrected chi connectivity index (χ4v) is 2.94. The van der Waals surface area contributed by atoms with Crippen molar-refractivity contribution in [3.8, 4) is 0 Å². The van der Waals surface area contributed by atoms with E-state index in [-0.39, 0.29) is 0 Å². The number of hydrogen-bond acceptors (Lipinski definition) is 0. The molecule has 0 unspecified atom stereocenters. The second kappa shape index (κ2) is 6.97. The number of fused-ring (bicyclic) bond motifs is 1. The third-order valence-electron chi connectivity index (χ3n) is 3.97. The van der Waals surface area contributed by atoms with Gasteiger partial charge in [-0.15, -0.1) is 0 Å². The largest absolute Gasteiger partial charge is 0.309 e. The lowest BCUT2D eigenvalue weighted by molar-refractivity contribution is 1.13. The fourth-order valence-electron chi connectivity index (χ4n) is 2.94. The minimum Gasteiger partial charge on any atom is -0.309 e. The maximum atomic E-state index is 4.30. The molecule has 0 aliphatic rings. The van der Waals surface area contributed by atoms with Crippen LogP contribution in [0.25, 0.3) is 36.4 Å². The quantitative estimate of drug-likeness (QED) is 0.744. The molecule has 2 aromatic heterocycles. The van der Waals surface area contributed by atoms with Crippen LogP contribution in [0.2, 0.25) is 0 Å². The van der Waals surface area contributed by atoms with Gasteiger partial charge in [0.2, 0.25) is 0 Å². The van der Waals surface area contributed by atoms with Crippen molar-refractivity contribution >= 4 is 36.4 Å². The zero-order valence-corrected chi connectivity index (χ0v) is 14.0. The first-order valence-corrected chi connectivity index (χ1v) is 7.65. The Bertz CT molecular complexity index is 991. The summed E-state index contributed by atoms with van der Waals surface area (Å²) in [5, 5.41) is 3.22. The van der Waals surface area contributed by atoms with Gasteiger partial charge in [0, 0.05) is 27.0 Å². The molecule has 0 N–H and O–H groups in total. The Labute approximate surface area is 137 Å². The molecule has 116 valence electrons. The number of hydrogen-bond donors (Lipinski definition) is 0. The Morgan fingerprint density at radius 2 is 1.70 bits per heavy atom. The zero-order valence-electron chi connectivity index (χ0n) is 14.0. The van der Waals surface area contributed by atoms with Crippen LogP contribution in [0, 0.1) is 6.92 Å². The summed E-state index contributed by atoms with van der Waals surface area (Å²) in [7, 11) is 0. The molecule has 0 saturated carbocycles. The van der Waals surface area contributed by atoms with Crippen molar-refractivity contribution in [3.05, 3.63) is 82.7 Å². The van der Waals surface area contributed by atoms with Crippen molar-refractivity contribution in [1.29, 1.82) is 0 Å². The van der Waals surface area contributed by atoms with Gasteiger partial charge in [0.1, 0.15) is 0 Å². The number of nitrogens with zero attached hydrogens (tertiary/aromatic N) is 1. The van der Waals surface area contributed by atoms with Crippen molar-refractivity contribution in [2.45, 2.75) is 13.8 Å². The summed E-state index contributed by atoms with van der Waals surface area (Å²) in [6.07, 6.45) is 17.7. The van der Waals surface area contributed by atoms with E-state index >= 15 is 0 Å². The van der Waals surface area contributed by atoms with Crippen LogP contribution in [0.15, 0.2) is 50.1 Å². The van der Waals surface area contributed by atoms with Crippen LogP contribution in [-0.4, -0.2) is 4.40 Å². The molecule has 0 bridgehead atoms. The molecule has 0 aliphatic carbocycles. The van der Waals surface area contributed by atoms with Crippen molar-refractivity contribution in [2.75, 3.05) is 0 Å². The van der Waals surface area contributed by atoms with E-state index in [9.17, 15) is 0 Å². The van der Waals surface area contributed by atoms with Gasteiger partial charge < -0.3 is 4.40 Å². The molecule has 2 aromatic rings. The molecule has 0 aromatic carbocycles. The number of rotatable bonds is 5. The molecule has 0 spiro atoms. The molecule has 2 heterocycles. The van der Waals surface area contributed by atoms with Crippen LogP contribution in [0.5, 0.6) is 0 Å². The van der Waals surface area contributed by atoms with Crippen LogP contribution in [0.4, 0.5) is 0 Å². The lowest BCUT2D eigenvalue weighted by atomic mass is 10.1. The molecule has 0 radical (unpaired) electrons. The highest BCUT2D eigenvalue weighted by atomic mass is 14.9. The summed E-state index contributed by atoms with van der Waals surface area (Å²) in [5.41, 5.74) is 4.54. The summed E-state index contributed by atoms with van der Waals surface area (Å²) in [4.78, 5) is 0. The Morgan fingerprint density at radius 1 is 0.957 bits per heavy atom. The molecular weight excluding hydrogens is 278 g/mol. The highest BCUT2D eigenvalue weighted by molar-refractivity contribution is 5.78.